The maximum absolute atomic E-state index is 12.1. The van der Waals surface area contributed by atoms with Crippen molar-refractivity contribution in [1.82, 2.24) is 10.2 Å². The smallest absolute Gasteiger partial charge is 0.255 e. The molecular weight excluding hydrogens is 342 g/mol. The van der Waals surface area contributed by atoms with Crippen LogP contribution in [0.5, 0.6) is 0 Å². The van der Waals surface area contributed by atoms with Gasteiger partial charge in [0.25, 0.3) is 6.43 Å². The molecule has 1 fully saturated rings. The molecule has 1 atom stereocenters. The van der Waals surface area contributed by atoms with Gasteiger partial charge in [0.05, 0.1) is 12.5 Å². The standard InChI is InChI=1S/C15H19BrF2N2O/c16-13-5-3-11(4-6-13)9-20-7-1-2-12(10-20)15(21)19-8-14(17)18/h3-6,12,14H,1-2,7-10H2,(H,19,21). The van der Waals surface area contributed by atoms with Gasteiger partial charge in [0.1, 0.15) is 0 Å². The first-order chi connectivity index (χ1) is 10.0. The Morgan fingerprint density at radius 1 is 1.38 bits per heavy atom. The summed E-state index contributed by atoms with van der Waals surface area (Å²) in [6.45, 7) is 1.80. The second kappa shape index (κ2) is 7.84. The van der Waals surface area contributed by atoms with Gasteiger partial charge in [0.15, 0.2) is 0 Å². The summed E-state index contributed by atoms with van der Waals surface area (Å²) in [4.78, 5) is 14.1. The zero-order valence-electron chi connectivity index (χ0n) is 11.7. The molecule has 2 rings (SSSR count). The molecule has 0 radical (unpaired) electrons. The van der Waals surface area contributed by atoms with E-state index in [0.29, 0.717) is 6.54 Å². The highest BCUT2D eigenvalue weighted by Crippen LogP contribution is 2.19. The van der Waals surface area contributed by atoms with Crippen LogP contribution in [0, 0.1) is 5.92 Å². The molecule has 21 heavy (non-hydrogen) atoms. The molecule has 3 nitrogen and oxygen atoms in total. The normalized spacial score (nSPS) is 19.7. The monoisotopic (exact) mass is 360 g/mol. The molecule has 0 saturated carbocycles. The van der Waals surface area contributed by atoms with Crippen molar-refractivity contribution in [2.24, 2.45) is 5.92 Å². The van der Waals surface area contributed by atoms with Crippen LogP contribution in [0.1, 0.15) is 18.4 Å². The predicted octanol–water partition coefficient (Wildman–Crippen LogP) is 3.04. The fourth-order valence-electron chi connectivity index (χ4n) is 2.58. The highest BCUT2D eigenvalue weighted by Gasteiger charge is 2.26. The molecule has 0 bridgehead atoms. The van der Waals surface area contributed by atoms with E-state index in [9.17, 15) is 13.6 Å². The SMILES string of the molecule is O=C(NCC(F)F)C1CCCN(Cc2ccc(Br)cc2)C1. The third-order valence-corrected chi connectivity index (χ3v) is 4.16. The lowest BCUT2D eigenvalue weighted by molar-refractivity contribution is -0.127. The van der Waals surface area contributed by atoms with Crippen molar-refractivity contribution < 1.29 is 13.6 Å². The van der Waals surface area contributed by atoms with Crippen LogP contribution in [0.4, 0.5) is 8.78 Å². The summed E-state index contributed by atoms with van der Waals surface area (Å²) in [5.41, 5.74) is 1.19. The predicted molar refractivity (Wildman–Crippen MR) is 81.2 cm³/mol. The van der Waals surface area contributed by atoms with Crippen LogP contribution in [0.2, 0.25) is 0 Å². The fourth-order valence-corrected chi connectivity index (χ4v) is 2.85. The van der Waals surface area contributed by atoms with Crippen LogP contribution < -0.4 is 5.32 Å². The number of amides is 1. The van der Waals surface area contributed by atoms with Gasteiger partial charge in [-0.05, 0) is 37.1 Å². The van der Waals surface area contributed by atoms with E-state index in [1.54, 1.807) is 0 Å². The molecule has 0 aliphatic carbocycles. The van der Waals surface area contributed by atoms with Gasteiger partial charge in [-0.3, -0.25) is 9.69 Å². The Kier molecular flexibility index (Phi) is 6.11. The molecule has 1 unspecified atom stereocenters. The number of hydrogen-bond donors (Lipinski definition) is 1. The molecule has 1 heterocycles. The minimum atomic E-state index is -2.49. The number of piperidine rings is 1. The van der Waals surface area contributed by atoms with Gasteiger partial charge in [0.2, 0.25) is 5.91 Å². The molecule has 1 amide bonds. The number of nitrogens with one attached hydrogen (secondary N) is 1. The van der Waals surface area contributed by atoms with E-state index in [1.807, 2.05) is 24.3 Å². The van der Waals surface area contributed by atoms with Gasteiger partial charge in [-0.15, -0.1) is 0 Å². The highest BCUT2D eigenvalue weighted by atomic mass is 79.9. The van der Waals surface area contributed by atoms with E-state index in [0.717, 1.165) is 30.4 Å². The summed E-state index contributed by atoms with van der Waals surface area (Å²) in [6.07, 6.45) is -0.800. The van der Waals surface area contributed by atoms with Crippen molar-refractivity contribution >= 4 is 21.8 Å². The van der Waals surface area contributed by atoms with Crippen molar-refractivity contribution in [1.29, 1.82) is 0 Å². The van der Waals surface area contributed by atoms with Crippen LogP contribution in [0.3, 0.4) is 0 Å². The number of rotatable bonds is 5. The van der Waals surface area contributed by atoms with Crippen molar-refractivity contribution in [2.75, 3.05) is 19.6 Å². The molecule has 116 valence electrons. The minimum Gasteiger partial charge on any atom is -0.350 e. The molecule has 1 aromatic rings. The molecule has 1 aliphatic rings. The summed E-state index contributed by atoms with van der Waals surface area (Å²) in [5, 5.41) is 2.32. The van der Waals surface area contributed by atoms with Crippen molar-refractivity contribution in [3.8, 4) is 0 Å². The summed E-state index contributed by atoms with van der Waals surface area (Å²) in [6, 6.07) is 8.08. The number of carbonyl (C=O) groups excluding carboxylic acids is 1. The molecule has 1 N–H and O–H groups in total. The minimum absolute atomic E-state index is 0.187. The fraction of sp³-hybridized carbons (Fsp3) is 0.533. The Bertz CT molecular complexity index is 467. The van der Waals surface area contributed by atoms with E-state index < -0.39 is 13.0 Å². The van der Waals surface area contributed by atoms with Crippen LogP contribution >= 0.6 is 15.9 Å². The zero-order chi connectivity index (χ0) is 15.2. The maximum Gasteiger partial charge on any atom is 0.255 e. The van der Waals surface area contributed by atoms with E-state index in [1.165, 1.54) is 5.56 Å². The summed E-state index contributed by atoms with van der Waals surface area (Å²) in [7, 11) is 0. The van der Waals surface area contributed by atoms with E-state index in [-0.39, 0.29) is 11.8 Å². The number of hydrogen-bond acceptors (Lipinski definition) is 2. The first-order valence-corrected chi connectivity index (χ1v) is 7.86. The number of alkyl halides is 2. The lowest BCUT2D eigenvalue weighted by atomic mass is 9.96. The van der Waals surface area contributed by atoms with Crippen molar-refractivity contribution in [3.63, 3.8) is 0 Å². The summed E-state index contributed by atoms with van der Waals surface area (Å²) in [5.74, 6) is -0.441. The topological polar surface area (TPSA) is 32.3 Å². The molecule has 1 aromatic carbocycles. The van der Waals surface area contributed by atoms with Gasteiger partial charge in [-0.2, -0.15) is 0 Å². The Balaban J connectivity index is 1.85. The average molecular weight is 361 g/mol. The lowest BCUT2D eigenvalue weighted by Gasteiger charge is -2.32. The summed E-state index contributed by atoms with van der Waals surface area (Å²) < 4.78 is 25.3. The van der Waals surface area contributed by atoms with Crippen LogP contribution in [0.15, 0.2) is 28.7 Å². The van der Waals surface area contributed by atoms with Crippen molar-refractivity contribution in [3.05, 3.63) is 34.3 Å². The second-order valence-electron chi connectivity index (χ2n) is 5.34. The lowest BCUT2D eigenvalue weighted by Crippen LogP contribution is -2.43. The van der Waals surface area contributed by atoms with Gasteiger partial charge in [-0.25, -0.2) is 8.78 Å². The Hall–Kier alpha value is -1.01. The highest BCUT2D eigenvalue weighted by molar-refractivity contribution is 9.10. The first kappa shape index (κ1) is 16.4. The van der Waals surface area contributed by atoms with Crippen LogP contribution in [-0.2, 0) is 11.3 Å². The van der Waals surface area contributed by atoms with Crippen LogP contribution in [0.25, 0.3) is 0 Å². The van der Waals surface area contributed by atoms with Gasteiger partial charge in [-0.1, -0.05) is 28.1 Å². The number of benzene rings is 1. The summed E-state index contributed by atoms with van der Waals surface area (Å²) >= 11 is 3.40. The quantitative estimate of drug-likeness (QED) is 0.875. The number of carbonyl (C=O) groups is 1. The largest absolute Gasteiger partial charge is 0.350 e. The van der Waals surface area contributed by atoms with E-state index >= 15 is 0 Å². The van der Waals surface area contributed by atoms with Crippen LogP contribution in [-0.4, -0.2) is 36.9 Å². The Labute approximate surface area is 131 Å². The first-order valence-electron chi connectivity index (χ1n) is 7.07. The molecule has 0 spiro atoms. The third-order valence-electron chi connectivity index (χ3n) is 3.63. The van der Waals surface area contributed by atoms with Gasteiger partial charge < -0.3 is 5.32 Å². The number of nitrogens with zero attached hydrogens (tertiary/aromatic N) is 1. The second-order valence-corrected chi connectivity index (χ2v) is 6.25. The van der Waals surface area contributed by atoms with E-state index in [2.05, 4.69) is 26.1 Å². The average Bonchev–Trinajstić information content (AvgIpc) is 2.47. The Morgan fingerprint density at radius 2 is 2.10 bits per heavy atom. The number of likely N-dealkylation sites (tertiary alicyclic amines) is 1. The molecular formula is C15H19BrF2N2O. The van der Waals surface area contributed by atoms with Gasteiger partial charge in [0, 0.05) is 17.6 Å². The van der Waals surface area contributed by atoms with E-state index in [4.69, 9.17) is 0 Å². The number of halogens is 3. The third kappa shape index (κ3) is 5.36. The molecule has 1 saturated heterocycles. The van der Waals surface area contributed by atoms with Crippen molar-refractivity contribution in [2.45, 2.75) is 25.8 Å². The molecule has 6 heteroatoms. The molecule has 1 aliphatic heterocycles. The van der Waals surface area contributed by atoms with Gasteiger partial charge >= 0.3 is 0 Å². The molecule has 0 aromatic heterocycles. The Morgan fingerprint density at radius 3 is 2.76 bits per heavy atom. The zero-order valence-corrected chi connectivity index (χ0v) is 13.3. The maximum atomic E-state index is 12.1.